The smallest absolute Gasteiger partial charge is 0.332 e. The van der Waals surface area contributed by atoms with Crippen LogP contribution >= 0.6 is 0 Å². The standard InChI is InChI=1S/C38H76O15/c1-5-6-7-8-9-10-11-40-12-13-41-14-15-42-16-17-43-18-19-44-20-21-45-22-23-46-24-25-47-26-27-48-28-29-49-30-31-50-32-33-51-34-35-52-36-37(39)53-38(2,3)4/h5-36H2,1-4H3. The Balaban J connectivity index is 3.09. The molecule has 53 heavy (non-hydrogen) atoms. The molecule has 0 saturated carbocycles. The fourth-order valence-electron chi connectivity index (χ4n) is 4.15. The van der Waals surface area contributed by atoms with Gasteiger partial charge in [-0.2, -0.15) is 0 Å². The van der Waals surface area contributed by atoms with Crippen molar-refractivity contribution >= 4 is 5.97 Å². The topological polar surface area (TPSA) is 146 Å². The number of hydrogen-bond donors (Lipinski definition) is 0. The number of rotatable bonds is 45. The van der Waals surface area contributed by atoms with E-state index in [0.717, 1.165) is 13.0 Å². The van der Waals surface area contributed by atoms with Crippen molar-refractivity contribution in [2.45, 2.75) is 71.8 Å². The minimum Gasteiger partial charge on any atom is -0.458 e. The van der Waals surface area contributed by atoms with Crippen molar-refractivity contribution in [3.8, 4) is 0 Å². The van der Waals surface area contributed by atoms with Crippen molar-refractivity contribution in [2.24, 2.45) is 0 Å². The molecule has 0 bridgehead atoms. The summed E-state index contributed by atoms with van der Waals surface area (Å²) in [5, 5.41) is 0. The molecular weight excluding hydrogens is 696 g/mol. The Morgan fingerprint density at radius 2 is 0.547 bits per heavy atom. The first-order chi connectivity index (χ1) is 26.0. The van der Waals surface area contributed by atoms with Gasteiger partial charge in [0.15, 0.2) is 0 Å². The average Bonchev–Trinajstić information content (AvgIpc) is 3.12. The highest BCUT2D eigenvalue weighted by molar-refractivity contribution is 5.71. The molecule has 0 aromatic rings. The first-order valence-electron chi connectivity index (χ1n) is 19.7. The van der Waals surface area contributed by atoms with Gasteiger partial charge in [-0.1, -0.05) is 39.0 Å². The van der Waals surface area contributed by atoms with Crippen LogP contribution in [0.3, 0.4) is 0 Å². The molecule has 318 valence electrons. The molecule has 0 fully saturated rings. The number of carbonyl (C=O) groups excluding carboxylic acids is 1. The number of ether oxygens (including phenoxy) is 14. The molecule has 15 heteroatoms. The van der Waals surface area contributed by atoms with Crippen molar-refractivity contribution in [2.75, 3.05) is 172 Å². The van der Waals surface area contributed by atoms with Crippen LogP contribution in [0.1, 0.15) is 66.2 Å². The zero-order chi connectivity index (χ0) is 38.6. The second kappa shape index (κ2) is 43.7. The van der Waals surface area contributed by atoms with Gasteiger partial charge in [0.2, 0.25) is 0 Å². The minimum absolute atomic E-state index is 0.0836. The lowest BCUT2D eigenvalue weighted by Gasteiger charge is -2.19. The molecule has 0 aliphatic carbocycles. The van der Waals surface area contributed by atoms with E-state index in [1.165, 1.54) is 32.1 Å². The van der Waals surface area contributed by atoms with Crippen LogP contribution in [0, 0.1) is 0 Å². The molecule has 15 nitrogen and oxygen atoms in total. The maximum Gasteiger partial charge on any atom is 0.332 e. The Labute approximate surface area is 320 Å². The van der Waals surface area contributed by atoms with E-state index in [2.05, 4.69) is 6.92 Å². The van der Waals surface area contributed by atoms with Gasteiger partial charge in [-0.3, -0.25) is 0 Å². The highest BCUT2D eigenvalue weighted by Crippen LogP contribution is 2.07. The third kappa shape index (κ3) is 48.9. The number of carbonyl (C=O) groups is 1. The summed E-state index contributed by atoms with van der Waals surface area (Å²) >= 11 is 0. The van der Waals surface area contributed by atoms with Gasteiger partial charge < -0.3 is 66.3 Å². The van der Waals surface area contributed by atoms with Gasteiger partial charge in [-0.25, -0.2) is 4.79 Å². The van der Waals surface area contributed by atoms with Gasteiger partial charge in [-0.15, -0.1) is 0 Å². The summed E-state index contributed by atoms with van der Waals surface area (Å²) in [4.78, 5) is 11.5. The van der Waals surface area contributed by atoms with E-state index in [0.29, 0.717) is 159 Å². The minimum atomic E-state index is -0.512. The molecule has 0 aromatic carbocycles. The predicted octanol–water partition coefficient (Wildman–Crippen LogP) is 3.90. The highest BCUT2D eigenvalue weighted by Gasteiger charge is 2.15. The second-order valence-corrected chi connectivity index (χ2v) is 12.8. The lowest BCUT2D eigenvalue weighted by Crippen LogP contribution is -2.27. The van der Waals surface area contributed by atoms with Crippen LogP contribution in [-0.4, -0.2) is 183 Å². The summed E-state index contributed by atoms with van der Waals surface area (Å²) in [6, 6.07) is 0. The Morgan fingerprint density at radius 1 is 0.321 bits per heavy atom. The zero-order valence-electron chi connectivity index (χ0n) is 33.8. The largest absolute Gasteiger partial charge is 0.458 e. The predicted molar refractivity (Wildman–Crippen MR) is 200 cm³/mol. The lowest BCUT2D eigenvalue weighted by atomic mass is 10.1. The van der Waals surface area contributed by atoms with E-state index in [-0.39, 0.29) is 12.6 Å². The Bertz CT molecular complexity index is 712. The summed E-state index contributed by atoms with van der Waals surface area (Å²) in [6.07, 6.45) is 7.66. The Kier molecular flexibility index (Phi) is 42.8. The summed E-state index contributed by atoms with van der Waals surface area (Å²) in [6.45, 7) is 20.4. The van der Waals surface area contributed by atoms with Gasteiger partial charge in [0, 0.05) is 6.61 Å². The van der Waals surface area contributed by atoms with Crippen molar-refractivity contribution in [3.05, 3.63) is 0 Å². The van der Waals surface area contributed by atoms with Crippen LogP contribution < -0.4 is 0 Å². The highest BCUT2D eigenvalue weighted by atomic mass is 16.6. The third-order valence-corrected chi connectivity index (χ3v) is 6.75. The molecular formula is C38H76O15. The molecule has 0 spiro atoms. The molecule has 0 unspecified atom stereocenters. The zero-order valence-corrected chi connectivity index (χ0v) is 33.8. The van der Waals surface area contributed by atoms with Crippen LogP contribution in [0.25, 0.3) is 0 Å². The maximum atomic E-state index is 11.5. The molecule has 0 atom stereocenters. The van der Waals surface area contributed by atoms with Gasteiger partial charge in [0.25, 0.3) is 0 Å². The van der Waals surface area contributed by atoms with Crippen LogP contribution in [0.4, 0.5) is 0 Å². The Morgan fingerprint density at radius 3 is 0.811 bits per heavy atom. The van der Waals surface area contributed by atoms with Gasteiger partial charge in [0.1, 0.15) is 12.2 Å². The molecule has 0 aliphatic rings. The van der Waals surface area contributed by atoms with Crippen molar-refractivity contribution in [1.82, 2.24) is 0 Å². The molecule has 0 aliphatic heterocycles. The molecule has 0 saturated heterocycles. The van der Waals surface area contributed by atoms with E-state index in [9.17, 15) is 4.79 Å². The van der Waals surface area contributed by atoms with E-state index in [1.807, 2.05) is 20.8 Å². The van der Waals surface area contributed by atoms with Gasteiger partial charge in [-0.05, 0) is 27.2 Å². The van der Waals surface area contributed by atoms with Crippen LogP contribution in [0.5, 0.6) is 0 Å². The lowest BCUT2D eigenvalue weighted by molar-refractivity contribution is -0.160. The number of hydrogen-bond acceptors (Lipinski definition) is 15. The summed E-state index contributed by atoms with van der Waals surface area (Å²) in [5.41, 5.74) is -0.512. The van der Waals surface area contributed by atoms with E-state index in [4.69, 9.17) is 66.3 Å². The third-order valence-electron chi connectivity index (χ3n) is 6.75. The first kappa shape index (κ1) is 52.0. The summed E-state index contributed by atoms with van der Waals surface area (Å²) in [7, 11) is 0. The monoisotopic (exact) mass is 773 g/mol. The average molecular weight is 773 g/mol. The van der Waals surface area contributed by atoms with Gasteiger partial charge in [0.05, 0.1) is 159 Å². The maximum absolute atomic E-state index is 11.5. The van der Waals surface area contributed by atoms with Crippen LogP contribution in [-0.2, 0) is 71.1 Å². The van der Waals surface area contributed by atoms with E-state index < -0.39 is 5.60 Å². The fourth-order valence-corrected chi connectivity index (χ4v) is 4.15. The van der Waals surface area contributed by atoms with E-state index >= 15 is 0 Å². The first-order valence-corrected chi connectivity index (χ1v) is 19.7. The van der Waals surface area contributed by atoms with Crippen LogP contribution in [0.2, 0.25) is 0 Å². The molecule has 0 amide bonds. The van der Waals surface area contributed by atoms with Crippen LogP contribution in [0.15, 0.2) is 0 Å². The SMILES string of the molecule is CCCCCCCCOCCOCCOCCOCCOCCOCCOCCOCCOCCOCCOCCOCCOCC(=O)OC(C)(C)C. The van der Waals surface area contributed by atoms with E-state index in [1.54, 1.807) is 0 Å². The normalized spacial score (nSPS) is 11.8. The summed E-state index contributed by atoms with van der Waals surface area (Å²) in [5.74, 6) is -0.387. The van der Waals surface area contributed by atoms with Gasteiger partial charge >= 0.3 is 5.97 Å². The Hall–Kier alpha value is -1.05. The second-order valence-electron chi connectivity index (χ2n) is 12.8. The summed E-state index contributed by atoms with van der Waals surface area (Å²) < 4.78 is 76.2. The van der Waals surface area contributed by atoms with Crippen molar-refractivity contribution < 1.29 is 71.1 Å². The molecule has 0 radical (unpaired) electrons. The van der Waals surface area contributed by atoms with Crippen molar-refractivity contribution in [1.29, 1.82) is 0 Å². The molecule has 0 heterocycles. The fraction of sp³-hybridized carbons (Fsp3) is 0.974. The number of unbranched alkanes of at least 4 members (excludes halogenated alkanes) is 5. The molecule has 0 aromatic heterocycles. The quantitative estimate of drug-likeness (QED) is 0.0651. The molecule has 0 N–H and O–H groups in total. The number of esters is 1. The molecule has 0 rings (SSSR count). The van der Waals surface area contributed by atoms with Crippen molar-refractivity contribution in [3.63, 3.8) is 0 Å².